The van der Waals surface area contributed by atoms with Crippen molar-refractivity contribution in [3.8, 4) is 11.4 Å². The van der Waals surface area contributed by atoms with Crippen molar-refractivity contribution in [2.45, 2.75) is 26.3 Å². The lowest BCUT2D eigenvalue weighted by Gasteiger charge is -2.08. The van der Waals surface area contributed by atoms with Crippen molar-refractivity contribution in [3.05, 3.63) is 43.0 Å². The van der Waals surface area contributed by atoms with Gasteiger partial charge in [-0.1, -0.05) is 6.07 Å². The molecule has 1 aromatic heterocycles. The van der Waals surface area contributed by atoms with E-state index in [-0.39, 0.29) is 28.8 Å². The van der Waals surface area contributed by atoms with E-state index >= 15 is 0 Å². The molecule has 0 bridgehead atoms. The molecule has 0 radical (unpaired) electrons. The maximum Gasteiger partial charge on any atom is 0.573 e. The molecule has 0 fully saturated rings. The van der Waals surface area contributed by atoms with Crippen molar-refractivity contribution in [1.29, 1.82) is 0 Å². The predicted octanol–water partition coefficient (Wildman–Crippen LogP) is 0.248. The van der Waals surface area contributed by atoms with Crippen molar-refractivity contribution in [1.82, 2.24) is 4.57 Å². The van der Waals surface area contributed by atoms with E-state index in [2.05, 4.69) is 4.74 Å². The number of hydrogen-bond acceptors (Lipinski definition) is 1. The van der Waals surface area contributed by atoms with Crippen molar-refractivity contribution < 1.29 is 39.5 Å². The first-order valence-corrected chi connectivity index (χ1v) is 5.80. The molecule has 2 aromatic rings. The number of halogens is 4. The van der Waals surface area contributed by atoms with Gasteiger partial charge >= 0.3 is 6.36 Å². The van der Waals surface area contributed by atoms with Crippen molar-refractivity contribution in [2.24, 2.45) is 0 Å². The Morgan fingerprint density at radius 2 is 1.95 bits per heavy atom. The Labute approximate surface area is 125 Å². The van der Waals surface area contributed by atoms with Crippen LogP contribution in [0, 0.1) is 0 Å². The number of rotatable bonds is 3. The molecule has 0 aliphatic carbocycles. The minimum Gasteiger partial charge on any atom is -1.00 e. The highest BCUT2D eigenvalue weighted by Gasteiger charge is 2.31. The van der Waals surface area contributed by atoms with Gasteiger partial charge in [-0.3, -0.25) is 0 Å². The first-order valence-electron chi connectivity index (χ1n) is 5.80. The standard InChI is InChI=1S/C13H14F3N2O.BrH/c1-10(2)17-6-7-18(9-17)11-4-3-5-12(8-11)19-13(14,15)16;/h3-10H,1-2H3;1H/q+1;/p-1. The highest BCUT2D eigenvalue weighted by atomic mass is 79.9. The summed E-state index contributed by atoms with van der Waals surface area (Å²) in [7, 11) is 0. The van der Waals surface area contributed by atoms with Crippen LogP contribution in [0.25, 0.3) is 5.69 Å². The monoisotopic (exact) mass is 350 g/mol. The van der Waals surface area contributed by atoms with E-state index in [1.54, 1.807) is 16.8 Å². The Morgan fingerprint density at radius 1 is 1.25 bits per heavy atom. The number of benzene rings is 1. The molecule has 2 rings (SSSR count). The summed E-state index contributed by atoms with van der Waals surface area (Å²) in [6, 6.07) is 6.15. The molecule has 1 aromatic carbocycles. The molecule has 0 saturated carbocycles. The number of imidazole rings is 1. The fourth-order valence-electron chi connectivity index (χ4n) is 1.67. The van der Waals surface area contributed by atoms with Crippen LogP contribution in [0.4, 0.5) is 13.2 Å². The van der Waals surface area contributed by atoms with Gasteiger partial charge in [0.25, 0.3) is 0 Å². The summed E-state index contributed by atoms with van der Waals surface area (Å²) in [6.07, 6.45) is 0.791. The molecule has 0 amide bonds. The molecule has 0 N–H and O–H groups in total. The van der Waals surface area contributed by atoms with E-state index in [0.717, 1.165) is 0 Å². The van der Waals surface area contributed by atoms with Gasteiger partial charge < -0.3 is 21.7 Å². The van der Waals surface area contributed by atoms with Gasteiger partial charge in [-0.05, 0) is 26.0 Å². The van der Waals surface area contributed by atoms with Crippen LogP contribution in [0.2, 0.25) is 0 Å². The molecule has 7 heteroatoms. The number of ether oxygens (including phenoxy) is 1. The zero-order valence-corrected chi connectivity index (χ0v) is 12.5. The van der Waals surface area contributed by atoms with Gasteiger partial charge in [0.15, 0.2) is 0 Å². The minimum absolute atomic E-state index is 0. The zero-order valence-electron chi connectivity index (χ0n) is 10.9. The maximum absolute atomic E-state index is 12.2. The Balaban J connectivity index is 0.00000200. The van der Waals surface area contributed by atoms with Gasteiger partial charge in [-0.2, -0.15) is 0 Å². The molecule has 3 nitrogen and oxygen atoms in total. The van der Waals surface area contributed by atoms with Crippen LogP contribution in [-0.2, 0) is 0 Å². The van der Waals surface area contributed by atoms with Gasteiger partial charge in [0.1, 0.15) is 23.8 Å². The number of hydrogen-bond donors (Lipinski definition) is 0. The average Bonchev–Trinajstić information content (AvgIpc) is 2.76. The van der Waals surface area contributed by atoms with Crippen LogP contribution in [-0.4, -0.2) is 10.9 Å². The van der Waals surface area contributed by atoms with Crippen LogP contribution in [0.15, 0.2) is 43.0 Å². The summed E-state index contributed by atoms with van der Waals surface area (Å²) < 4.78 is 44.0. The molecule has 0 aliphatic rings. The molecule has 1 heterocycles. The smallest absolute Gasteiger partial charge is 0.573 e. The predicted molar refractivity (Wildman–Crippen MR) is 63.0 cm³/mol. The molecule has 0 unspecified atom stereocenters. The fourth-order valence-corrected chi connectivity index (χ4v) is 1.67. The maximum atomic E-state index is 12.2. The fraction of sp³-hybridized carbons (Fsp3) is 0.308. The number of aromatic nitrogens is 2. The highest BCUT2D eigenvalue weighted by Crippen LogP contribution is 2.24. The molecule has 0 saturated heterocycles. The first kappa shape index (κ1) is 16.6. The normalized spacial score (nSPS) is 11.3. The number of nitrogens with zero attached hydrogens (tertiary/aromatic N) is 2. The SMILES string of the molecule is CC(C)[n+]1ccn(-c2cccc(OC(F)(F)F)c2)c1.[Br-]. The Kier molecular flexibility index (Phi) is 5.21. The van der Waals surface area contributed by atoms with Gasteiger partial charge in [0.05, 0.1) is 6.04 Å². The lowest BCUT2D eigenvalue weighted by molar-refractivity contribution is -0.715. The highest BCUT2D eigenvalue weighted by molar-refractivity contribution is 5.38. The van der Waals surface area contributed by atoms with Gasteiger partial charge in [-0.25, -0.2) is 9.13 Å². The van der Waals surface area contributed by atoms with E-state index in [1.807, 2.05) is 30.9 Å². The topological polar surface area (TPSA) is 18.0 Å². The Bertz CT molecular complexity index is 567. The first-order chi connectivity index (χ1) is 8.85. The van der Waals surface area contributed by atoms with Gasteiger partial charge in [-0.15, -0.1) is 13.2 Å². The summed E-state index contributed by atoms with van der Waals surface area (Å²) in [5.74, 6) is -0.227. The van der Waals surface area contributed by atoms with Gasteiger partial charge in [0, 0.05) is 6.07 Å². The zero-order chi connectivity index (χ0) is 14.0. The summed E-state index contributed by atoms with van der Waals surface area (Å²) in [5, 5.41) is 0. The quantitative estimate of drug-likeness (QED) is 0.725. The second kappa shape index (κ2) is 6.30. The van der Waals surface area contributed by atoms with Crippen molar-refractivity contribution in [3.63, 3.8) is 0 Å². The summed E-state index contributed by atoms with van der Waals surface area (Å²) in [5.41, 5.74) is 0.612. The molecule has 0 aliphatic heterocycles. The minimum atomic E-state index is -4.67. The third-order valence-electron chi connectivity index (χ3n) is 2.60. The average molecular weight is 351 g/mol. The van der Waals surface area contributed by atoms with E-state index in [1.165, 1.54) is 18.2 Å². The van der Waals surface area contributed by atoms with Gasteiger partial charge in [0.2, 0.25) is 6.33 Å². The van der Waals surface area contributed by atoms with Crippen LogP contribution >= 0.6 is 0 Å². The lowest BCUT2D eigenvalue weighted by Crippen LogP contribution is -3.00. The third-order valence-corrected chi connectivity index (χ3v) is 2.60. The van der Waals surface area contributed by atoms with Crippen LogP contribution in [0.5, 0.6) is 5.75 Å². The van der Waals surface area contributed by atoms with E-state index < -0.39 is 6.36 Å². The van der Waals surface area contributed by atoms with E-state index in [4.69, 9.17) is 0 Å². The number of alkyl halides is 3. The summed E-state index contributed by atoms with van der Waals surface area (Å²) >= 11 is 0. The van der Waals surface area contributed by atoms with E-state index in [9.17, 15) is 13.2 Å². The molecule has 0 spiro atoms. The second-order valence-electron chi connectivity index (χ2n) is 4.41. The van der Waals surface area contributed by atoms with Crippen LogP contribution < -0.4 is 26.3 Å². The summed E-state index contributed by atoms with van der Waals surface area (Å²) in [6.45, 7) is 4.04. The van der Waals surface area contributed by atoms with Crippen molar-refractivity contribution in [2.75, 3.05) is 0 Å². The molecule has 110 valence electrons. The molecular weight excluding hydrogens is 337 g/mol. The second-order valence-corrected chi connectivity index (χ2v) is 4.41. The Hall–Kier alpha value is -1.50. The molecule has 0 atom stereocenters. The third kappa shape index (κ3) is 4.26. The van der Waals surface area contributed by atoms with E-state index in [0.29, 0.717) is 5.69 Å². The van der Waals surface area contributed by atoms with Crippen LogP contribution in [0.1, 0.15) is 19.9 Å². The summed E-state index contributed by atoms with van der Waals surface area (Å²) in [4.78, 5) is 0. The van der Waals surface area contributed by atoms with Crippen LogP contribution in [0.3, 0.4) is 0 Å². The molecule has 20 heavy (non-hydrogen) atoms. The largest absolute Gasteiger partial charge is 1.00 e. The Morgan fingerprint density at radius 3 is 2.50 bits per heavy atom. The molecular formula is C13H14BrF3N2O. The van der Waals surface area contributed by atoms with Crippen molar-refractivity contribution >= 4 is 0 Å². The lowest BCUT2D eigenvalue weighted by atomic mass is 10.3.